The molecule has 1 aliphatic carbocycles. The van der Waals surface area contributed by atoms with Crippen molar-refractivity contribution in [2.24, 2.45) is 5.73 Å². The predicted octanol–water partition coefficient (Wildman–Crippen LogP) is 2.56. The predicted molar refractivity (Wildman–Crippen MR) is 122 cm³/mol. The number of anilines is 1. The highest BCUT2D eigenvalue weighted by Gasteiger charge is 2.31. The summed E-state index contributed by atoms with van der Waals surface area (Å²) in [7, 11) is 0. The molecule has 1 saturated carbocycles. The Bertz CT molecular complexity index is 1180. The molecule has 5 heterocycles. The summed E-state index contributed by atoms with van der Waals surface area (Å²) in [5.41, 5.74) is 7.25. The topological polar surface area (TPSA) is 117 Å². The smallest absolute Gasteiger partial charge is 0.240 e. The first-order chi connectivity index (χ1) is 16.2. The Hall–Kier alpha value is -3.43. The lowest BCUT2D eigenvalue weighted by molar-refractivity contribution is -0.119. The van der Waals surface area contributed by atoms with Gasteiger partial charge in [-0.05, 0) is 25.7 Å². The van der Waals surface area contributed by atoms with Crippen LogP contribution in [0, 0.1) is 0 Å². The molecule has 1 saturated heterocycles. The van der Waals surface area contributed by atoms with Gasteiger partial charge in [-0.2, -0.15) is 5.10 Å². The number of aromatic nitrogens is 6. The summed E-state index contributed by atoms with van der Waals surface area (Å²) in [5.74, 6) is 2.75. The Labute approximate surface area is 191 Å². The van der Waals surface area contributed by atoms with Crippen molar-refractivity contribution in [1.29, 1.82) is 0 Å². The van der Waals surface area contributed by atoms with Crippen molar-refractivity contribution in [3.8, 4) is 28.7 Å². The van der Waals surface area contributed by atoms with Crippen LogP contribution in [0.4, 0.5) is 5.82 Å². The molecule has 10 nitrogen and oxygen atoms in total. The molecule has 1 amide bonds. The fraction of sp³-hybridized carbons (Fsp3) is 0.522. The van der Waals surface area contributed by atoms with Crippen LogP contribution in [0.25, 0.3) is 22.9 Å². The lowest BCUT2D eigenvalue weighted by Gasteiger charge is -2.23. The number of hydrogen-bond donors (Lipinski definition) is 1. The summed E-state index contributed by atoms with van der Waals surface area (Å²) in [6.07, 6.45) is 13.2. The molecule has 2 N–H and O–H groups in total. The minimum absolute atomic E-state index is 0.313. The molecule has 0 spiro atoms. The van der Waals surface area contributed by atoms with Crippen LogP contribution in [-0.4, -0.2) is 54.4 Å². The minimum atomic E-state index is -0.318. The zero-order valence-electron chi connectivity index (χ0n) is 18.6. The molecule has 0 unspecified atom stereocenters. The van der Waals surface area contributed by atoms with E-state index in [2.05, 4.69) is 24.3 Å². The lowest BCUT2D eigenvalue weighted by atomic mass is 9.95. The van der Waals surface area contributed by atoms with Gasteiger partial charge in [-0.25, -0.2) is 19.6 Å². The molecule has 3 aliphatic rings. The summed E-state index contributed by atoms with van der Waals surface area (Å²) in [6, 6.07) is 1.97. The maximum atomic E-state index is 11.8. The minimum Gasteiger partial charge on any atom is -0.491 e. The highest BCUT2D eigenvalue weighted by Crippen LogP contribution is 2.37. The van der Waals surface area contributed by atoms with Crippen LogP contribution in [0.3, 0.4) is 0 Å². The number of hydrogen-bond acceptors (Lipinski definition) is 7. The zero-order chi connectivity index (χ0) is 22.4. The second kappa shape index (κ2) is 8.17. The first-order valence-corrected chi connectivity index (χ1v) is 11.9. The highest BCUT2D eigenvalue weighted by molar-refractivity contribution is 5.84. The number of ether oxygens (including phenoxy) is 1. The van der Waals surface area contributed by atoms with E-state index in [1.807, 2.05) is 17.2 Å². The maximum Gasteiger partial charge on any atom is 0.240 e. The SMILES string of the molecule is NC(=O)[C@@H]1CCCN1c1cc2c(cn1)-c1nc(-c3ncnn3C3CCCCC3)cn1CCO2. The number of rotatable bonds is 4. The van der Waals surface area contributed by atoms with Crippen LogP contribution >= 0.6 is 0 Å². The van der Waals surface area contributed by atoms with E-state index in [-0.39, 0.29) is 11.9 Å². The number of pyridine rings is 1. The Morgan fingerprint density at radius 2 is 1.94 bits per heavy atom. The standard InChI is InChI=1S/C23H28N8O2/c24-21(32)18-7-4-8-30(18)20-11-19-16(12-25-20)22-28-17(13-29(22)9-10-33-19)23-26-14-27-31(23)15-5-2-1-3-6-15/h11-15,18H,1-10H2,(H2,24,32)/t18-/m0/s1. The number of carbonyl (C=O) groups excluding carboxylic acids is 1. The van der Waals surface area contributed by atoms with Gasteiger partial charge < -0.3 is 19.9 Å². The first-order valence-electron chi connectivity index (χ1n) is 11.9. The molecule has 3 aromatic rings. The fourth-order valence-electron chi connectivity index (χ4n) is 5.40. The van der Waals surface area contributed by atoms with Gasteiger partial charge in [0.15, 0.2) is 5.82 Å². The second-order valence-corrected chi connectivity index (χ2v) is 9.10. The van der Waals surface area contributed by atoms with Gasteiger partial charge in [-0.3, -0.25) is 4.79 Å². The van der Waals surface area contributed by atoms with Crippen LogP contribution in [0.1, 0.15) is 51.0 Å². The molecule has 10 heteroatoms. The molecule has 172 valence electrons. The second-order valence-electron chi connectivity index (χ2n) is 9.10. The summed E-state index contributed by atoms with van der Waals surface area (Å²) in [6.45, 7) is 1.96. The number of fused-ring (bicyclic) bond motifs is 3. The number of amides is 1. The number of carbonyl (C=O) groups is 1. The molecule has 2 fully saturated rings. The lowest BCUT2D eigenvalue weighted by Crippen LogP contribution is -2.40. The molecular formula is C23H28N8O2. The van der Waals surface area contributed by atoms with Gasteiger partial charge in [0, 0.05) is 25.0 Å². The average Bonchev–Trinajstić information content (AvgIpc) is 3.57. The van der Waals surface area contributed by atoms with Crippen LogP contribution in [0.5, 0.6) is 5.75 Å². The summed E-state index contributed by atoms with van der Waals surface area (Å²) in [5, 5.41) is 4.54. The molecule has 3 aromatic heterocycles. The number of imidazole rings is 1. The third-order valence-electron chi connectivity index (χ3n) is 7.06. The average molecular weight is 449 g/mol. The van der Waals surface area contributed by atoms with Gasteiger partial charge in [0.1, 0.15) is 42.1 Å². The molecule has 2 aliphatic heterocycles. The fourth-order valence-corrected chi connectivity index (χ4v) is 5.40. The van der Waals surface area contributed by atoms with Crippen molar-refractivity contribution in [1.82, 2.24) is 29.3 Å². The third kappa shape index (κ3) is 3.53. The van der Waals surface area contributed by atoms with E-state index in [0.29, 0.717) is 25.0 Å². The van der Waals surface area contributed by atoms with Crippen LogP contribution < -0.4 is 15.4 Å². The van der Waals surface area contributed by atoms with Gasteiger partial charge in [0.25, 0.3) is 0 Å². The Balaban J connectivity index is 1.35. The molecule has 33 heavy (non-hydrogen) atoms. The van der Waals surface area contributed by atoms with E-state index in [9.17, 15) is 4.79 Å². The normalized spacial score (nSPS) is 20.7. The van der Waals surface area contributed by atoms with Crippen molar-refractivity contribution in [3.63, 3.8) is 0 Å². The number of primary amides is 1. The largest absolute Gasteiger partial charge is 0.491 e. The first kappa shape index (κ1) is 20.2. The van der Waals surface area contributed by atoms with Gasteiger partial charge in [-0.15, -0.1) is 0 Å². The highest BCUT2D eigenvalue weighted by atomic mass is 16.5. The van der Waals surface area contributed by atoms with E-state index in [0.717, 1.165) is 60.9 Å². The van der Waals surface area contributed by atoms with Crippen molar-refractivity contribution in [3.05, 3.63) is 24.8 Å². The maximum absolute atomic E-state index is 11.8. The Kier molecular flexibility index (Phi) is 5.00. The van der Waals surface area contributed by atoms with Crippen molar-refractivity contribution >= 4 is 11.7 Å². The van der Waals surface area contributed by atoms with E-state index in [1.165, 1.54) is 19.3 Å². The van der Waals surface area contributed by atoms with E-state index >= 15 is 0 Å². The van der Waals surface area contributed by atoms with Gasteiger partial charge in [0.2, 0.25) is 5.91 Å². The monoisotopic (exact) mass is 448 g/mol. The van der Waals surface area contributed by atoms with E-state index < -0.39 is 0 Å². The van der Waals surface area contributed by atoms with E-state index in [1.54, 1.807) is 12.5 Å². The Morgan fingerprint density at radius 1 is 1.06 bits per heavy atom. The molecule has 0 aromatic carbocycles. The Morgan fingerprint density at radius 3 is 2.79 bits per heavy atom. The van der Waals surface area contributed by atoms with Crippen LogP contribution in [-0.2, 0) is 11.3 Å². The summed E-state index contributed by atoms with van der Waals surface area (Å²) in [4.78, 5) is 28.0. The molecule has 0 radical (unpaired) electrons. The zero-order valence-corrected chi connectivity index (χ0v) is 18.6. The molecule has 0 bridgehead atoms. The molecule has 6 rings (SSSR count). The van der Waals surface area contributed by atoms with Crippen LogP contribution in [0.2, 0.25) is 0 Å². The van der Waals surface area contributed by atoms with Gasteiger partial charge >= 0.3 is 0 Å². The van der Waals surface area contributed by atoms with Crippen LogP contribution in [0.15, 0.2) is 24.8 Å². The van der Waals surface area contributed by atoms with Crippen molar-refractivity contribution in [2.75, 3.05) is 18.1 Å². The number of nitrogens with zero attached hydrogens (tertiary/aromatic N) is 7. The quantitative estimate of drug-likeness (QED) is 0.652. The summed E-state index contributed by atoms with van der Waals surface area (Å²) >= 11 is 0. The van der Waals surface area contributed by atoms with Crippen molar-refractivity contribution < 1.29 is 9.53 Å². The number of nitrogens with two attached hydrogens (primary N) is 1. The third-order valence-corrected chi connectivity index (χ3v) is 7.06. The molecular weight excluding hydrogens is 420 g/mol. The van der Waals surface area contributed by atoms with Gasteiger partial charge in [-0.1, -0.05) is 19.3 Å². The van der Waals surface area contributed by atoms with Crippen molar-refractivity contribution in [2.45, 2.75) is 63.6 Å². The van der Waals surface area contributed by atoms with E-state index in [4.69, 9.17) is 15.5 Å². The van der Waals surface area contributed by atoms with Gasteiger partial charge in [0.05, 0.1) is 18.2 Å². The molecule has 1 atom stereocenters. The summed E-state index contributed by atoms with van der Waals surface area (Å²) < 4.78 is 10.2.